The fourth-order valence-electron chi connectivity index (χ4n) is 1.58. The predicted molar refractivity (Wildman–Crippen MR) is 74.9 cm³/mol. The Labute approximate surface area is 119 Å². The molecule has 0 saturated heterocycles. The van der Waals surface area contributed by atoms with Gasteiger partial charge in [-0.25, -0.2) is 14.6 Å². The molecule has 106 valence electrons. The van der Waals surface area contributed by atoms with E-state index in [0.29, 0.717) is 5.56 Å². The number of carbonyl (C=O) groups is 2. The summed E-state index contributed by atoms with van der Waals surface area (Å²) in [7, 11) is 0. The summed E-state index contributed by atoms with van der Waals surface area (Å²) in [5.41, 5.74) is 2.86. The van der Waals surface area contributed by atoms with Crippen molar-refractivity contribution in [2.45, 2.75) is 0 Å². The second kappa shape index (κ2) is 6.42. The van der Waals surface area contributed by atoms with E-state index >= 15 is 0 Å². The molecule has 0 saturated carbocycles. The zero-order valence-electron chi connectivity index (χ0n) is 10.8. The van der Waals surface area contributed by atoms with Crippen molar-refractivity contribution in [1.29, 1.82) is 0 Å². The van der Waals surface area contributed by atoms with E-state index < -0.39 is 17.7 Å². The van der Waals surface area contributed by atoms with Gasteiger partial charge in [-0.05, 0) is 29.8 Å². The highest BCUT2D eigenvalue weighted by Gasteiger charge is 2.09. The van der Waals surface area contributed by atoms with Gasteiger partial charge in [0.1, 0.15) is 5.82 Å². The largest absolute Gasteiger partial charge is 0.478 e. The predicted octanol–water partition coefficient (Wildman–Crippen LogP) is 2.29. The third-order valence-corrected chi connectivity index (χ3v) is 2.66. The number of aromatic carboxylic acids is 1. The molecule has 0 spiro atoms. The molecule has 0 aliphatic carbocycles. The van der Waals surface area contributed by atoms with Crippen LogP contribution >= 0.6 is 0 Å². The molecule has 21 heavy (non-hydrogen) atoms. The van der Waals surface area contributed by atoms with Crippen LogP contribution in [0.5, 0.6) is 0 Å². The van der Waals surface area contributed by atoms with Gasteiger partial charge < -0.3 is 5.11 Å². The van der Waals surface area contributed by atoms with Gasteiger partial charge in [-0.1, -0.05) is 24.3 Å². The molecule has 1 amide bonds. The first kappa shape index (κ1) is 14.4. The molecule has 0 aromatic heterocycles. The van der Waals surface area contributed by atoms with E-state index in [2.05, 4.69) is 10.5 Å². The van der Waals surface area contributed by atoms with Crippen molar-refractivity contribution in [3.63, 3.8) is 0 Å². The van der Waals surface area contributed by atoms with Crippen LogP contribution in [0.25, 0.3) is 0 Å². The van der Waals surface area contributed by atoms with Crippen molar-refractivity contribution in [2.75, 3.05) is 0 Å². The number of nitrogens with one attached hydrogen (secondary N) is 1. The van der Waals surface area contributed by atoms with E-state index in [1.54, 1.807) is 18.2 Å². The topological polar surface area (TPSA) is 78.8 Å². The maximum absolute atomic E-state index is 13.3. The van der Waals surface area contributed by atoms with Crippen LogP contribution in [0.15, 0.2) is 53.6 Å². The summed E-state index contributed by atoms with van der Waals surface area (Å²) in [6, 6.07) is 11.5. The van der Waals surface area contributed by atoms with Crippen molar-refractivity contribution in [3.05, 3.63) is 71.0 Å². The number of halogens is 1. The first-order valence-electron chi connectivity index (χ1n) is 5.99. The number of carbonyl (C=O) groups excluding carboxylic acids is 1. The highest BCUT2D eigenvalue weighted by atomic mass is 19.1. The van der Waals surface area contributed by atoms with Crippen molar-refractivity contribution >= 4 is 18.1 Å². The molecule has 6 heteroatoms. The minimum absolute atomic E-state index is 0.101. The van der Waals surface area contributed by atoms with Gasteiger partial charge in [-0.3, -0.25) is 4.79 Å². The van der Waals surface area contributed by atoms with E-state index in [-0.39, 0.29) is 11.1 Å². The monoisotopic (exact) mass is 286 g/mol. The third kappa shape index (κ3) is 3.73. The minimum Gasteiger partial charge on any atom is -0.478 e. The molecule has 0 aliphatic heterocycles. The number of hydrazone groups is 1. The van der Waals surface area contributed by atoms with Gasteiger partial charge in [-0.2, -0.15) is 5.10 Å². The van der Waals surface area contributed by atoms with Gasteiger partial charge in [0.15, 0.2) is 0 Å². The summed E-state index contributed by atoms with van der Waals surface area (Å²) in [6.07, 6.45) is 1.34. The maximum Gasteiger partial charge on any atom is 0.335 e. The molecule has 0 radical (unpaired) electrons. The molecule has 0 bridgehead atoms. The standard InChI is InChI=1S/C15H11FN2O3/c16-13-4-2-1-3-12(13)14(19)18-17-9-10-5-7-11(8-6-10)15(20)21/h1-9H,(H,18,19)(H,20,21)/b17-9-. The normalized spacial score (nSPS) is 10.5. The van der Waals surface area contributed by atoms with Crippen LogP contribution in [0.3, 0.4) is 0 Å². The van der Waals surface area contributed by atoms with Crippen molar-refractivity contribution < 1.29 is 19.1 Å². The summed E-state index contributed by atoms with van der Waals surface area (Å²) < 4.78 is 13.3. The Balaban J connectivity index is 2.01. The van der Waals surface area contributed by atoms with E-state index in [0.717, 1.165) is 0 Å². The Kier molecular flexibility index (Phi) is 4.40. The van der Waals surface area contributed by atoms with Gasteiger partial charge in [0.25, 0.3) is 5.91 Å². The minimum atomic E-state index is -1.02. The maximum atomic E-state index is 13.3. The SMILES string of the molecule is O=C(O)c1ccc(/C=N\NC(=O)c2ccccc2F)cc1. The van der Waals surface area contributed by atoms with Crippen molar-refractivity contribution in [1.82, 2.24) is 5.43 Å². The number of hydrogen-bond acceptors (Lipinski definition) is 3. The smallest absolute Gasteiger partial charge is 0.335 e. The fourth-order valence-corrected chi connectivity index (χ4v) is 1.58. The second-order valence-corrected chi connectivity index (χ2v) is 4.11. The number of rotatable bonds is 4. The van der Waals surface area contributed by atoms with Gasteiger partial charge in [0, 0.05) is 0 Å². The molecule has 0 fully saturated rings. The molecular formula is C15H11FN2O3. The number of nitrogens with zero attached hydrogens (tertiary/aromatic N) is 1. The van der Waals surface area contributed by atoms with E-state index in [1.165, 1.54) is 36.5 Å². The highest BCUT2D eigenvalue weighted by Crippen LogP contribution is 2.06. The van der Waals surface area contributed by atoms with Gasteiger partial charge in [0.05, 0.1) is 17.3 Å². The van der Waals surface area contributed by atoms with Crippen LogP contribution in [0.4, 0.5) is 4.39 Å². The molecule has 0 heterocycles. The van der Waals surface area contributed by atoms with Crippen LogP contribution in [0.2, 0.25) is 0 Å². The molecule has 2 aromatic rings. The van der Waals surface area contributed by atoms with Crippen LogP contribution < -0.4 is 5.43 Å². The Morgan fingerprint density at radius 2 is 1.76 bits per heavy atom. The number of benzene rings is 2. The second-order valence-electron chi connectivity index (χ2n) is 4.11. The molecule has 2 aromatic carbocycles. The molecule has 5 nitrogen and oxygen atoms in total. The van der Waals surface area contributed by atoms with Crippen LogP contribution in [-0.2, 0) is 0 Å². The number of carboxylic acid groups (broad SMARTS) is 1. The zero-order valence-corrected chi connectivity index (χ0v) is 10.8. The molecule has 0 unspecified atom stereocenters. The Bertz CT molecular complexity index is 696. The zero-order chi connectivity index (χ0) is 15.2. The van der Waals surface area contributed by atoms with Crippen molar-refractivity contribution in [3.8, 4) is 0 Å². The quantitative estimate of drug-likeness (QED) is 0.668. The first-order chi connectivity index (χ1) is 10.1. The van der Waals surface area contributed by atoms with Gasteiger partial charge in [0.2, 0.25) is 0 Å². The lowest BCUT2D eigenvalue weighted by Gasteiger charge is -2.00. The van der Waals surface area contributed by atoms with E-state index in [1.807, 2.05) is 0 Å². The highest BCUT2D eigenvalue weighted by molar-refractivity contribution is 5.95. The average molecular weight is 286 g/mol. The lowest BCUT2D eigenvalue weighted by atomic mass is 10.1. The Hall–Kier alpha value is -3.02. The van der Waals surface area contributed by atoms with E-state index in [4.69, 9.17) is 5.11 Å². The molecule has 2 N–H and O–H groups in total. The van der Waals surface area contributed by atoms with Crippen LogP contribution in [0.1, 0.15) is 26.3 Å². The average Bonchev–Trinajstić information content (AvgIpc) is 2.48. The Morgan fingerprint density at radius 3 is 2.38 bits per heavy atom. The first-order valence-corrected chi connectivity index (χ1v) is 5.99. The molecule has 2 rings (SSSR count). The lowest BCUT2D eigenvalue weighted by molar-refractivity contribution is 0.0696. The lowest BCUT2D eigenvalue weighted by Crippen LogP contribution is -2.18. The van der Waals surface area contributed by atoms with E-state index in [9.17, 15) is 14.0 Å². The fraction of sp³-hybridized carbons (Fsp3) is 0. The molecule has 0 aliphatic rings. The van der Waals surface area contributed by atoms with Gasteiger partial charge >= 0.3 is 5.97 Å². The Morgan fingerprint density at radius 1 is 1.10 bits per heavy atom. The molecular weight excluding hydrogens is 275 g/mol. The van der Waals surface area contributed by atoms with Crippen LogP contribution in [0, 0.1) is 5.82 Å². The summed E-state index contributed by atoms with van der Waals surface area (Å²) >= 11 is 0. The summed E-state index contributed by atoms with van der Waals surface area (Å²) in [5.74, 6) is -2.31. The van der Waals surface area contributed by atoms with Gasteiger partial charge in [-0.15, -0.1) is 0 Å². The number of carboxylic acids is 1. The van der Waals surface area contributed by atoms with Crippen molar-refractivity contribution in [2.24, 2.45) is 5.10 Å². The molecule has 0 atom stereocenters. The number of hydrogen-bond donors (Lipinski definition) is 2. The summed E-state index contributed by atoms with van der Waals surface area (Å²) in [6.45, 7) is 0. The van der Waals surface area contributed by atoms with Crippen LogP contribution in [-0.4, -0.2) is 23.2 Å². The number of amides is 1. The third-order valence-electron chi connectivity index (χ3n) is 2.66. The summed E-state index contributed by atoms with van der Waals surface area (Å²) in [5, 5.41) is 12.4. The summed E-state index contributed by atoms with van der Waals surface area (Å²) in [4.78, 5) is 22.3.